The highest BCUT2D eigenvalue weighted by Crippen LogP contribution is 2.48. The number of nitrogens with zero attached hydrogens (tertiary/aromatic N) is 6. The van der Waals surface area contributed by atoms with E-state index >= 15 is 0 Å². The van der Waals surface area contributed by atoms with Crippen molar-refractivity contribution in [1.82, 2.24) is 14.8 Å². The molecule has 0 aliphatic carbocycles. The summed E-state index contributed by atoms with van der Waals surface area (Å²) in [5, 5.41) is 10.5. The maximum absolute atomic E-state index is 5.34. The van der Waals surface area contributed by atoms with Crippen molar-refractivity contribution in [1.29, 1.82) is 0 Å². The highest BCUT2D eigenvalue weighted by atomic mass is 32.1. The number of amidine groups is 2. The van der Waals surface area contributed by atoms with Crippen molar-refractivity contribution in [3.63, 3.8) is 0 Å². The molecule has 0 radical (unpaired) electrons. The van der Waals surface area contributed by atoms with Crippen molar-refractivity contribution in [2.24, 2.45) is 9.98 Å². The molecule has 0 saturated carbocycles. The lowest BCUT2D eigenvalue weighted by Crippen LogP contribution is -2.46. The molecule has 2 aliphatic rings. The van der Waals surface area contributed by atoms with E-state index in [0.29, 0.717) is 5.84 Å². The second-order valence-electron chi connectivity index (χ2n) is 8.95. The SMILES string of the molecule is COc1ccc(NC2=Nc3ccccc3N3C2=Nc2c(c(C)nn2-c2ccccn2)[C@@H]3c2cccs2)cc1. The van der Waals surface area contributed by atoms with Crippen molar-refractivity contribution in [2.45, 2.75) is 13.0 Å². The number of para-hydroxylation sites is 2. The number of rotatable bonds is 4. The van der Waals surface area contributed by atoms with E-state index in [4.69, 9.17) is 19.8 Å². The van der Waals surface area contributed by atoms with E-state index in [1.165, 1.54) is 4.88 Å². The smallest absolute Gasteiger partial charge is 0.179 e. The Morgan fingerprint density at radius 3 is 2.53 bits per heavy atom. The molecule has 0 spiro atoms. The number of pyridine rings is 1. The minimum atomic E-state index is -0.126. The number of thiophene rings is 1. The standard InChI is InChI=1S/C29H23N7OS/c1-18-25-26(23-10-7-17-38-23)35-22-9-4-3-8-21(22)32-27(31-19-12-14-20(37-2)15-13-19)29(35)33-28(25)36(34-18)24-11-5-6-16-30-24/h3-17,26H,1-2H3,(H,31,32)/t26-/m0/s1. The Morgan fingerprint density at radius 2 is 1.76 bits per heavy atom. The predicted octanol–water partition coefficient (Wildman–Crippen LogP) is 6.44. The van der Waals surface area contributed by atoms with Crippen molar-refractivity contribution < 1.29 is 4.74 Å². The molecule has 0 fully saturated rings. The molecule has 2 aromatic carbocycles. The lowest BCUT2D eigenvalue weighted by atomic mass is 9.98. The highest BCUT2D eigenvalue weighted by Gasteiger charge is 2.41. The molecule has 8 nitrogen and oxygen atoms in total. The molecule has 0 unspecified atom stereocenters. The number of hydrogen-bond acceptors (Lipinski definition) is 8. The summed E-state index contributed by atoms with van der Waals surface area (Å²) in [7, 11) is 1.66. The minimum Gasteiger partial charge on any atom is -0.497 e. The topological polar surface area (TPSA) is 79.9 Å². The molecular formula is C29H23N7OS. The normalized spacial score (nSPS) is 15.6. The summed E-state index contributed by atoms with van der Waals surface area (Å²) in [4.78, 5) is 18.3. The van der Waals surface area contributed by atoms with Crippen molar-refractivity contribution in [3.05, 3.63) is 107 Å². The van der Waals surface area contributed by atoms with Crippen LogP contribution in [-0.2, 0) is 0 Å². The molecule has 186 valence electrons. The Labute approximate surface area is 223 Å². The average Bonchev–Trinajstić information content (AvgIpc) is 3.61. The van der Waals surface area contributed by atoms with Crippen LogP contribution < -0.4 is 15.0 Å². The molecule has 2 aliphatic heterocycles. The Hall–Kier alpha value is -4.76. The van der Waals surface area contributed by atoms with Gasteiger partial charge in [0.1, 0.15) is 11.8 Å². The third-order valence-electron chi connectivity index (χ3n) is 6.67. The number of ether oxygens (including phenoxy) is 1. The van der Waals surface area contributed by atoms with Gasteiger partial charge in [0.15, 0.2) is 23.3 Å². The van der Waals surface area contributed by atoms with E-state index in [1.54, 1.807) is 24.6 Å². The van der Waals surface area contributed by atoms with E-state index in [-0.39, 0.29) is 6.04 Å². The Kier molecular flexibility index (Phi) is 5.29. The summed E-state index contributed by atoms with van der Waals surface area (Å²) in [6.45, 7) is 2.04. The summed E-state index contributed by atoms with van der Waals surface area (Å²) in [5.74, 6) is 3.65. The monoisotopic (exact) mass is 517 g/mol. The van der Waals surface area contributed by atoms with Gasteiger partial charge < -0.3 is 15.0 Å². The van der Waals surface area contributed by atoms with E-state index in [9.17, 15) is 0 Å². The van der Waals surface area contributed by atoms with Gasteiger partial charge in [-0.3, -0.25) is 0 Å². The molecule has 5 heterocycles. The molecule has 1 atom stereocenters. The summed E-state index contributed by atoms with van der Waals surface area (Å²) >= 11 is 1.72. The number of fused-ring (bicyclic) bond motifs is 4. The van der Waals surface area contributed by atoms with Crippen LogP contribution in [0.15, 0.2) is 100 Å². The zero-order valence-electron chi connectivity index (χ0n) is 20.7. The molecule has 9 heteroatoms. The third kappa shape index (κ3) is 3.59. The van der Waals surface area contributed by atoms with E-state index in [2.05, 4.69) is 38.8 Å². The van der Waals surface area contributed by atoms with Crippen LogP contribution in [0.4, 0.5) is 22.9 Å². The van der Waals surface area contributed by atoms with Crippen LogP contribution in [-0.4, -0.2) is 33.5 Å². The molecule has 0 amide bonds. The first-order chi connectivity index (χ1) is 18.7. The van der Waals surface area contributed by atoms with Gasteiger partial charge in [0.05, 0.1) is 24.2 Å². The maximum atomic E-state index is 5.34. The number of aromatic nitrogens is 3. The van der Waals surface area contributed by atoms with Gasteiger partial charge in [-0.25, -0.2) is 15.0 Å². The van der Waals surface area contributed by atoms with Gasteiger partial charge in [-0.05, 0) is 66.9 Å². The van der Waals surface area contributed by atoms with Gasteiger partial charge in [0.25, 0.3) is 0 Å². The van der Waals surface area contributed by atoms with Crippen molar-refractivity contribution in [2.75, 3.05) is 17.3 Å². The van der Waals surface area contributed by atoms with E-state index in [1.807, 2.05) is 72.3 Å². The van der Waals surface area contributed by atoms with Crippen LogP contribution in [0.5, 0.6) is 5.75 Å². The first kappa shape index (κ1) is 22.4. The highest BCUT2D eigenvalue weighted by molar-refractivity contribution is 7.10. The lowest BCUT2D eigenvalue weighted by Gasteiger charge is -2.40. The van der Waals surface area contributed by atoms with Crippen molar-refractivity contribution in [3.8, 4) is 11.6 Å². The molecule has 0 bridgehead atoms. The predicted molar refractivity (Wildman–Crippen MR) is 152 cm³/mol. The van der Waals surface area contributed by atoms with Crippen LogP contribution >= 0.6 is 11.3 Å². The summed E-state index contributed by atoms with van der Waals surface area (Å²) in [5.41, 5.74) is 4.74. The number of hydrogen-bond donors (Lipinski definition) is 1. The van der Waals surface area contributed by atoms with Crippen LogP contribution in [0, 0.1) is 6.92 Å². The number of benzene rings is 2. The number of nitrogens with one attached hydrogen (secondary N) is 1. The molecule has 3 aromatic heterocycles. The van der Waals surface area contributed by atoms with E-state index < -0.39 is 0 Å². The first-order valence-corrected chi connectivity index (χ1v) is 13.1. The van der Waals surface area contributed by atoms with Gasteiger partial charge in [-0.2, -0.15) is 9.78 Å². The van der Waals surface area contributed by atoms with Crippen LogP contribution in [0.3, 0.4) is 0 Å². The Morgan fingerprint density at radius 1 is 0.921 bits per heavy atom. The fraction of sp³-hybridized carbons (Fsp3) is 0.103. The summed E-state index contributed by atoms with van der Waals surface area (Å²) in [6, 6.07) is 25.9. The van der Waals surface area contributed by atoms with Crippen molar-refractivity contribution >= 4 is 45.9 Å². The third-order valence-corrected chi connectivity index (χ3v) is 7.59. The Balaban J connectivity index is 1.46. The number of methoxy groups -OCH3 is 1. The first-order valence-electron chi connectivity index (χ1n) is 12.2. The van der Waals surface area contributed by atoms with Crippen LogP contribution in [0.1, 0.15) is 22.2 Å². The number of anilines is 2. The van der Waals surface area contributed by atoms with Gasteiger partial charge in [-0.15, -0.1) is 11.3 Å². The largest absolute Gasteiger partial charge is 0.497 e. The Bertz CT molecular complexity index is 1690. The molecular weight excluding hydrogens is 494 g/mol. The fourth-order valence-corrected chi connectivity index (χ4v) is 5.79. The van der Waals surface area contributed by atoms with Gasteiger partial charge in [0.2, 0.25) is 0 Å². The van der Waals surface area contributed by atoms with E-state index in [0.717, 1.165) is 51.5 Å². The lowest BCUT2D eigenvalue weighted by molar-refractivity contribution is 0.415. The zero-order valence-corrected chi connectivity index (χ0v) is 21.6. The quantitative estimate of drug-likeness (QED) is 0.297. The second kappa shape index (κ2) is 8.97. The van der Waals surface area contributed by atoms with Gasteiger partial charge in [-0.1, -0.05) is 24.3 Å². The van der Waals surface area contributed by atoms with Crippen LogP contribution in [0.2, 0.25) is 0 Å². The number of aryl methyl sites for hydroxylation is 1. The summed E-state index contributed by atoms with van der Waals surface area (Å²) in [6.07, 6.45) is 1.77. The fourth-order valence-electron chi connectivity index (χ4n) is 4.96. The molecule has 7 rings (SSSR count). The maximum Gasteiger partial charge on any atom is 0.179 e. The summed E-state index contributed by atoms with van der Waals surface area (Å²) < 4.78 is 7.17. The zero-order chi connectivity index (χ0) is 25.6. The second-order valence-corrected chi connectivity index (χ2v) is 9.93. The molecule has 5 aromatic rings. The van der Waals surface area contributed by atoms with Gasteiger partial charge in [0, 0.05) is 22.3 Å². The van der Waals surface area contributed by atoms with Gasteiger partial charge >= 0.3 is 0 Å². The molecule has 1 N–H and O–H groups in total. The minimum absolute atomic E-state index is 0.126. The number of aliphatic imine (C=N–C) groups is 2. The molecule has 38 heavy (non-hydrogen) atoms. The van der Waals surface area contributed by atoms with Crippen LogP contribution in [0.25, 0.3) is 5.82 Å². The molecule has 0 saturated heterocycles. The average molecular weight is 518 g/mol.